The van der Waals surface area contributed by atoms with Crippen LogP contribution < -0.4 is 14.4 Å². The fourth-order valence-electron chi connectivity index (χ4n) is 2.58. The Labute approximate surface area is 140 Å². The first-order valence-corrected chi connectivity index (χ1v) is 9.02. The molecular weight excluding hydrogens is 330 g/mol. The molecule has 1 aromatic carbocycles. The molecule has 1 fully saturated rings. The van der Waals surface area contributed by atoms with E-state index >= 15 is 0 Å². The number of rotatable bonds is 4. The minimum Gasteiger partial charge on any atom is -0.494 e. The summed E-state index contributed by atoms with van der Waals surface area (Å²) in [6.07, 6.45) is 3.67. The van der Waals surface area contributed by atoms with Crippen LogP contribution in [0.4, 0.5) is 11.4 Å². The molecule has 0 bridgehead atoms. The van der Waals surface area contributed by atoms with Crippen LogP contribution in [0.1, 0.15) is 16.8 Å². The quantitative estimate of drug-likeness (QED) is 0.912. The number of nitrogens with one attached hydrogen (secondary N) is 1. The lowest BCUT2D eigenvalue weighted by Crippen LogP contribution is -2.25. The van der Waals surface area contributed by atoms with Crippen molar-refractivity contribution in [3.8, 4) is 5.75 Å². The molecule has 0 aliphatic carbocycles. The molecule has 0 unspecified atom stereocenters. The maximum atomic E-state index is 12.2. The summed E-state index contributed by atoms with van der Waals surface area (Å²) in [6.45, 7) is 0.432. The highest BCUT2D eigenvalue weighted by molar-refractivity contribution is 7.93. The number of pyridine rings is 1. The van der Waals surface area contributed by atoms with Crippen LogP contribution in [0.15, 0.2) is 42.7 Å². The van der Waals surface area contributed by atoms with Gasteiger partial charge in [0.05, 0.1) is 18.6 Å². The van der Waals surface area contributed by atoms with E-state index in [9.17, 15) is 13.2 Å². The predicted octanol–water partition coefficient (Wildman–Crippen LogP) is 1.88. The summed E-state index contributed by atoms with van der Waals surface area (Å²) in [4.78, 5) is 16.0. The number of nitrogens with zero attached hydrogens (tertiary/aromatic N) is 2. The van der Waals surface area contributed by atoms with Crippen molar-refractivity contribution in [2.24, 2.45) is 0 Å². The Bertz CT molecular complexity index is 853. The fourth-order valence-corrected chi connectivity index (χ4v) is 4.15. The maximum Gasteiger partial charge on any atom is 0.255 e. The number of sulfonamides is 1. The number of ether oxygens (including phenoxy) is 1. The highest BCUT2D eigenvalue weighted by atomic mass is 32.2. The van der Waals surface area contributed by atoms with Crippen molar-refractivity contribution in [1.82, 2.24) is 4.98 Å². The van der Waals surface area contributed by atoms with Gasteiger partial charge in [-0.2, -0.15) is 0 Å². The van der Waals surface area contributed by atoms with Crippen molar-refractivity contribution in [3.63, 3.8) is 0 Å². The van der Waals surface area contributed by atoms with E-state index in [-0.39, 0.29) is 11.7 Å². The van der Waals surface area contributed by atoms with E-state index in [0.29, 0.717) is 35.7 Å². The van der Waals surface area contributed by atoms with Crippen LogP contribution in [0.5, 0.6) is 5.75 Å². The van der Waals surface area contributed by atoms with Crippen molar-refractivity contribution in [2.45, 2.75) is 6.42 Å². The first kappa shape index (κ1) is 16.3. The molecule has 0 radical (unpaired) electrons. The molecule has 3 rings (SSSR count). The molecule has 0 saturated carbocycles. The molecule has 1 aliphatic rings. The number of aromatic nitrogens is 1. The summed E-state index contributed by atoms with van der Waals surface area (Å²) >= 11 is 0. The number of carbonyl (C=O) groups is 1. The van der Waals surface area contributed by atoms with Crippen molar-refractivity contribution >= 4 is 27.3 Å². The van der Waals surface area contributed by atoms with E-state index < -0.39 is 10.0 Å². The standard InChI is InChI=1S/C16H17N3O4S/c1-23-15-11-13(18-16(20)12-5-7-17-8-6-12)3-4-14(15)19-9-2-10-24(19,21)22/h3-8,11H,2,9-10H2,1H3,(H,18,20). The smallest absolute Gasteiger partial charge is 0.255 e. The lowest BCUT2D eigenvalue weighted by molar-refractivity contribution is 0.102. The minimum absolute atomic E-state index is 0.136. The van der Waals surface area contributed by atoms with Crippen LogP contribution in [-0.4, -0.2) is 38.7 Å². The Morgan fingerprint density at radius 2 is 2.00 bits per heavy atom. The monoisotopic (exact) mass is 347 g/mol. The van der Waals surface area contributed by atoms with E-state index in [0.717, 1.165) is 0 Å². The van der Waals surface area contributed by atoms with Crippen LogP contribution in [0, 0.1) is 0 Å². The molecule has 1 amide bonds. The Balaban J connectivity index is 1.86. The molecule has 2 aromatic rings. The molecular formula is C16H17N3O4S. The normalized spacial score (nSPS) is 16.0. The van der Waals surface area contributed by atoms with Gasteiger partial charge in [-0.1, -0.05) is 0 Å². The van der Waals surface area contributed by atoms with Gasteiger partial charge in [0, 0.05) is 36.3 Å². The van der Waals surface area contributed by atoms with Crippen molar-refractivity contribution < 1.29 is 17.9 Å². The van der Waals surface area contributed by atoms with Crippen LogP contribution in [0.25, 0.3) is 0 Å². The molecule has 1 N–H and O–H groups in total. The van der Waals surface area contributed by atoms with Gasteiger partial charge in [-0.25, -0.2) is 8.42 Å². The lowest BCUT2D eigenvalue weighted by Gasteiger charge is -2.20. The minimum atomic E-state index is -3.29. The van der Waals surface area contributed by atoms with E-state index in [2.05, 4.69) is 10.3 Å². The number of hydrogen-bond donors (Lipinski definition) is 1. The average molecular weight is 347 g/mol. The summed E-state index contributed by atoms with van der Waals surface area (Å²) in [7, 11) is -1.82. The first-order valence-electron chi connectivity index (χ1n) is 7.41. The molecule has 126 valence electrons. The number of anilines is 2. The lowest BCUT2D eigenvalue weighted by atomic mass is 10.2. The van der Waals surface area contributed by atoms with E-state index in [1.54, 1.807) is 30.3 Å². The number of methoxy groups -OCH3 is 1. The largest absolute Gasteiger partial charge is 0.494 e. The molecule has 2 heterocycles. The van der Waals surface area contributed by atoms with E-state index in [4.69, 9.17) is 4.74 Å². The Hall–Kier alpha value is -2.61. The number of amides is 1. The van der Waals surface area contributed by atoms with Gasteiger partial charge in [0.15, 0.2) is 0 Å². The Kier molecular flexibility index (Phi) is 4.39. The SMILES string of the molecule is COc1cc(NC(=O)c2ccncc2)ccc1N1CCCS1(=O)=O. The third kappa shape index (κ3) is 3.18. The Morgan fingerprint density at radius 1 is 1.25 bits per heavy atom. The molecule has 7 nitrogen and oxygen atoms in total. The maximum absolute atomic E-state index is 12.2. The summed E-state index contributed by atoms with van der Waals surface area (Å²) in [6, 6.07) is 8.13. The summed E-state index contributed by atoms with van der Waals surface area (Å²) < 4.78 is 30.8. The molecule has 1 aliphatic heterocycles. The second-order valence-corrected chi connectivity index (χ2v) is 7.33. The zero-order valence-electron chi connectivity index (χ0n) is 13.1. The van der Waals surface area contributed by atoms with Crippen LogP contribution in [-0.2, 0) is 10.0 Å². The van der Waals surface area contributed by atoms with Gasteiger partial charge < -0.3 is 10.1 Å². The summed E-state index contributed by atoms with van der Waals surface area (Å²) in [5.74, 6) is 0.255. The predicted molar refractivity (Wildman–Crippen MR) is 90.9 cm³/mol. The van der Waals surface area contributed by atoms with Gasteiger partial charge in [-0.05, 0) is 30.7 Å². The number of benzene rings is 1. The van der Waals surface area contributed by atoms with Gasteiger partial charge in [0.1, 0.15) is 5.75 Å². The summed E-state index contributed by atoms with van der Waals surface area (Å²) in [5, 5.41) is 2.76. The highest BCUT2D eigenvalue weighted by Gasteiger charge is 2.30. The third-order valence-electron chi connectivity index (χ3n) is 3.75. The molecule has 24 heavy (non-hydrogen) atoms. The van der Waals surface area contributed by atoms with Gasteiger partial charge >= 0.3 is 0 Å². The molecule has 1 aromatic heterocycles. The second-order valence-electron chi connectivity index (χ2n) is 5.32. The van der Waals surface area contributed by atoms with Gasteiger partial charge in [0.25, 0.3) is 5.91 Å². The molecule has 0 atom stereocenters. The van der Waals surface area contributed by atoms with E-state index in [1.807, 2.05) is 0 Å². The number of carbonyl (C=O) groups excluding carboxylic acids is 1. The second kappa shape index (κ2) is 6.48. The first-order chi connectivity index (χ1) is 11.5. The zero-order chi connectivity index (χ0) is 17.2. The zero-order valence-corrected chi connectivity index (χ0v) is 13.9. The van der Waals surface area contributed by atoms with Crippen molar-refractivity contribution in [2.75, 3.05) is 29.0 Å². The summed E-state index contributed by atoms with van der Waals surface area (Å²) in [5.41, 5.74) is 1.49. The van der Waals surface area contributed by atoms with Gasteiger partial charge in [0.2, 0.25) is 10.0 Å². The Morgan fingerprint density at radius 3 is 2.62 bits per heavy atom. The van der Waals surface area contributed by atoms with Crippen molar-refractivity contribution in [1.29, 1.82) is 0 Å². The highest BCUT2D eigenvalue weighted by Crippen LogP contribution is 2.35. The van der Waals surface area contributed by atoms with Crippen LogP contribution in [0.2, 0.25) is 0 Å². The van der Waals surface area contributed by atoms with Gasteiger partial charge in [-0.15, -0.1) is 0 Å². The van der Waals surface area contributed by atoms with Crippen LogP contribution >= 0.6 is 0 Å². The van der Waals surface area contributed by atoms with Crippen molar-refractivity contribution in [3.05, 3.63) is 48.3 Å². The average Bonchev–Trinajstić information content (AvgIpc) is 2.94. The fraction of sp³-hybridized carbons (Fsp3) is 0.250. The number of hydrogen-bond acceptors (Lipinski definition) is 5. The third-order valence-corrected chi connectivity index (χ3v) is 5.60. The van der Waals surface area contributed by atoms with Crippen LogP contribution in [0.3, 0.4) is 0 Å². The van der Waals surface area contributed by atoms with E-state index in [1.165, 1.54) is 23.8 Å². The molecule has 0 spiro atoms. The van der Waals surface area contributed by atoms with Gasteiger partial charge in [-0.3, -0.25) is 14.1 Å². The topological polar surface area (TPSA) is 88.6 Å². The molecule has 1 saturated heterocycles. The molecule has 8 heteroatoms.